The Morgan fingerprint density at radius 3 is 2.67 bits per heavy atom. The smallest absolute Gasteiger partial charge is 0.124 e. The van der Waals surface area contributed by atoms with E-state index in [0.29, 0.717) is 13.2 Å². The van der Waals surface area contributed by atoms with Crippen LogP contribution in [0.15, 0.2) is 36.4 Å². The molecule has 0 aliphatic rings. The van der Waals surface area contributed by atoms with E-state index < -0.39 is 0 Å². The lowest BCUT2D eigenvalue weighted by Gasteiger charge is -2.19. The summed E-state index contributed by atoms with van der Waals surface area (Å²) in [6.07, 6.45) is 1.04. The summed E-state index contributed by atoms with van der Waals surface area (Å²) in [5.41, 5.74) is 3.94. The summed E-state index contributed by atoms with van der Waals surface area (Å²) in [4.78, 5) is 2.54. The van der Waals surface area contributed by atoms with Crippen molar-refractivity contribution >= 4 is 11.3 Å². The molecule has 4 nitrogen and oxygen atoms in total. The highest BCUT2D eigenvalue weighted by molar-refractivity contribution is 7.12. The van der Waals surface area contributed by atoms with Crippen molar-refractivity contribution in [2.24, 2.45) is 5.84 Å². The number of ether oxygens (including phenoxy) is 2. The van der Waals surface area contributed by atoms with Crippen molar-refractivity contribution in [1.29, 1.82) is 0 Å². The summed E-state index contributed by atoms with van der Waals surface area (Å²) in [5, 5.41) is 0. The average molecular weight is 306 g/mol. The van der Waals surface area contributed by atoms with E-state index in [1.165, 1.54) is 9.75 Å². The Hall–Kier alpha value is -1.40. The molecule has 1 heterocycles. The van der Waals surface area contributed by atoms with E-state index in [2.05, 4.69) is 24.5 Å². The molecule has 1 aromatic carbocycles. The van der Waals surface area contributed by atoms with Gasteiger partial charge in [-0.1, -0.05) is 25.1 Å². The van der Waals surface area contributed by atoms with Crippen LogP contribution in [0.2, 0.25) is 0 Å². The lowest BCUT2D eigenvalue weighted by Crippen LogP contribution is -2.28. The normalized spacial score (nSPS) is 12.3. The summed E-state index contributed by atoms with van der Waals surface area (Å²) in [7, 11) is 1.66. The number of rotatable bonds is 8. The quantitative estimate of drug-likeness (QED) is 0.447. The average Bonchev–Trinajstić information content (AvgIpc) is 2.98. The van der Waals surface area contributed by atoms with Crippen LogP contribution in [0, 0.1) is 0 Å². The third-order valence-corrected chi connectivity index (χ3v) is 4.55. The van der Waals surface area contributed by atoms with Gasteiger partial charge in [0.25, 0.3) is 0 Å². The van der Waals surface area contributed by atoms with Gasteiger partial charge in [0.2, 0.25) is 0 Å². The van der Waals surface area contributed by atoms with Gasteiger partial charge in [-0.3, -0.25) is 5.84 Å². The Morgan fingerprint density at radius 2 is 2.00 bits per heavy atom. The fraction of sp³-hybridized carbons (Fsp3) is 0.375. The molecule has 1 aromatic heterocycles. The SMILES string of the molecule is CCc1ccc(C(NN)c2ccccc2OCCOC)s1. The van der Waals surface area contributed by atoms with Gasteiger partial charge in [0.1, 0.15) is 12.4 Å². The monoisotopic (exact) mass is 306 g/mol. The van der Waals surface area contributed by atoms with Crippen LogP contribution < -0.4 is 16.0 Å². The fourth-order valence-corrected chi connectivity index (χ4v) is 3.18. The molecule has 114 valence electrons. The van der Waals surface area contributed by atoms with Crippen molar-refractivity contribution in [3.8, 4) is 5.75 Å². The third kappa shape index (κ3) is 4.04. The van der Waals surface area contributed by atoms with Gasteiger partial charge >= 0.3 is 0 Å². The van der Waals surface area contributed by atoms with Crippen molar-refractivity contribution in [3.05, 3.63) is 51.7 Å². The standard InChI is InChI=1S/C16H22N2O2S/c1-3-12-8-9-15(21-12)16(18-17)13-6-4-5-7-14(13)20-11-10-19-2/h4-9,16,18H,3,10-11,17H2,1-2H3. The first kappa shape index (κ1) is 16.0. The van der Waals surface area contributed by atoms with Crippen LogP contribution in [0.3, 0.4) is 0 Å². The highest BCUT2D eigenvalue weighted by Gasteiger charge is 2.18. The van der Waals surface area contributed by atoms with Gasteiger partial charge in [-0.15, -0.1) is 11.3 Å². The number of methoxy groups -OCH3 is 1. The minimum Gasteiger partial charge on any atom is -0.491 e. The van der Waals surface area contributed by atoms with E-state index in [4.69, 9.17) is 15.3 Å². The van der Waals surface area contributed by atoms with Crippen LogP contribution >= 0.6 is 11.3 Å². The van der Waals surface area contributed by atoms with Crippen LogP contribution in [0.25, 0.3) is 0 Å². The minimum atomic E-state index is -0.0611. The number of para-hydroxylation sites is 1. The minimum absolute atomic E-state index is 0.0611. The van der Waals surface area contributed by atoms with Crippen molar-refractivity contribution in [3.63, 3.8) is 0 Å². The second-order valence-corrected chi connectivity index (χ2v) is 5.84. The lowest BCUT2D eigenvalue weighted by atomic mass is 10.0. The predicted molar refractivity (Wildman–Crippen MR) is 86.7 cm³/mol. The van der Waals surface area contributed by atoms with Gasteiger partial charge in [0.15, 0.2) is 0 Å². The van der Waals surface area contributed by atoms with E-state index in [-0.39, 0.29) is 6.04 Å². The van der Waals surface area contributed by atoms with Gasteiger partial charge in [-0.25, -0.2) is 5.43 Å². The van der Waals surface area contributed by atoms with Crippen LogP contribution in [0.5, 0.6) is 5.75 Å². The van der Waals surface area contributed by atoms with Gasteiger partial charge in [-0.05, 0) is 24.6 Å². The Labute approximate surface area is 129 Å². The van der Waals surface area contributed by atoms with Gasteiger partial charge in [-0.2, -0.15) is 0 Å². The van der Waals surface area contributed by atoms with E-state index in [1.807, 2.05) is 24.3 Å². The summed E-state index contributed by atoms with van der Waals surface area (Å²) in [6, 6.07) is 12.2. The zero-order valence-corrected chi connectivity index (χ0v) is 13.3. The van der Waals surface area contributed by atoms with Crippen LogP contribution in [-0.4, -0.2) is 20.3 Å². The summed E-state index contributed by atoms with van der Waals surface area (Å²) >= 11 is 1.77. The maximum Gasteiger partial charge on any atom is 0.124 e. The predicted octanol–water partition coefficient (Wildman–Crippen LogP) is 2.89. The van der Waals surface area contributed by atoms with Gasteiger partial charge < -0.3 is 9.47 Å². The molecule has 3 N–H and O–H groups in total. The molecule has 0 bridgehead atoms. The molecule has 5 heteroatoms. The molecule has 0 spiro atoms. The Bertz CT molecular complexity index is 557. The lowest BCUT2D eigenvalue weighted by molar-refractivity contribution is 0.145. The molecule has 2 aromatic rings. The highest BCUT2D eigenvalue weighted by atomic mass is 32.1. The number of thiophene rings is 1. The number of hydrazine groups is 1. The zero-order valence-electron chi connectivity index (χ0n) is 12.5. The largest absolute Gasteiger partial charge is 0.491 e. The van der Waals surface area contributed by atoms with Crippen molar-refractivity contribution in [2.75, 3.05) is 20.3 Å². The molecule has 2 rings (SSSR count). The molecule has 0 aliphatic carbocycles. The van der Waals surface area contributed by atoms with E-state index in [0.717, 1.165) is 17.7 Å². The highest BCUT2D eigenvalue weighted by Crippen LogP contribution is 2.33. The molecule has 1 atom stereocenters. The maximum absolute atomic E-state index is 5.80. The Balaban J connectivity index is 2.24. The number of hydrogen-bond acceptors (Lipinski definition) is 5. The van der Waals surface area contributed by atoms with Gasteiger partial charge in [0, 0.05) is 22.4 Å². The molecule has 21 heavy (non-hydrogen) atoms. The first-order valence-electron chi connectivity index (χ1n) is 7.05. The molecule has 0 radical (unpaired) electrons. The zero-order chi connectivity index (χ0) is 15.1. The molecular formula is C16H22N2O2S. The van der Waals surface area contributed by atoms with E-state index in [1.54, 1.807) is 18.4 Å². The van der Waals surface area contributed by atoms with Crippen LogP contribution in [-0.2, 0) is 11.2 Å². The van der Waals surface area contributed by atoms with Crippen molar-refractivity contribution in [2.45, 2.75) is 19.4 Å². The molecule has 1 unspecified atom stereocenters. The van der Waals surface area contributed by atoms with E-state index in [9.17, 15) is 0 Å². The number of hydrogen-bond donors (Lipinski definition) is 2. The van der Waals surface area contributed by atoms with Crippen molar-refractivity contribution < 1.29 is 9.47 Å². The first-order chi connectivity index (χ1) is 10.3. The maximum atomic E-state index is 5.80. The number of nitrogens with one attached hydrogen (secondary N) is 1. The van der Waals surface area contributed by atoms with Gasteiger partial charge in [0.05, 0.1) is 12.6 Å². The van der Waals surface area contributed by atoms with Crippen LogP contribution in [0.1, 0.15) is 28.3 Å². The number of nitrogens with two attached hydrogens (primary N) is 1. The third-order valence-electron chi connectivity index (χ3n) is 3.26. The molecule has 0 amide bonds. The summed E-state index contributed by atoms with van der Waals surface area (Å²) < 4.78 is 10.8. The van der Waals surface area contributed by atoms with Crippen molar-refractivity contribution in [1.82, 2.24) is 5.43 Å². The first-order valence-corrected chi connectivity index (χ1v) is 7.87. The number of aryl methyl sites for hydroxylation is 1. The molecule has 0 saturated carbocycles. The Kier molecular flexibility index (Phi) is 6.20. The van der Waals surface area contributed by atoms with E-state index >= 15 is 0 Å². The molecule has 0 aliphatic heterocycles. The molecular weight excluding hydrogens is 284 g/mol. The summed E-state index contributed by atoms with van der Waals surface area (Å²) in [6.45, 7) is 3.24. The number of benzene rings is 1. The topological polar surface area (TPSA) is 56.5 Å². The second-order valence-electron chi connectivity index (χ2n) is 4.64. The molecule has 0 fully saturated rings. The summed E-state index contributed by atoms with van der Waals surface area (Å²) in [5.74, 6) is 6.62. The Morgan fingerprint density at radius 1 is 1.19 bits per heavy atom. The van der Waals surface area contributed by atoms with Crippen LogP contribution in [0.4, 0.5) is 0 Å². The molecule has 0 saturated heterocycles. The second kappa shape index (κ2) is 8.14. The fourth-order valence-electron chi connectivity index (χ4n) is 2.15.